The number of allylic oxidation sites excluding steroid dienone is 1. The van der Waals surface area contributed by atoms with E-state index in [9.17, 15) is 26.7 Å². The Morgan fingerprint density at radius 3 is 2.38 bits per heavy atom. The highest BCUT2D eigenvalue weighted by Crippen LogP contribution is 2.35. The fourth-order valence-corrected chi connectivity index (χ4v) is 4.13. The highest BCUT2D eigenvalue weighted by molar-refractivity contribution is 6.17. The normalized spacial score (nSPS) is 20.6. The Kier molecular flexibility index (Phi) is 8.08. The highest BCUT2D eigenvalue weighted by atomic mass is 19.4. The molecule has 0 aromatic carbocycles. The largest absolute Gasteiger partial charge is 0.419 e. The Balaban J connectivity index is 1.92. The average Bonchev–Trinajstić information content (AvgIpc) is 2.79. The van der Waals surface area contributed by atoms with Gasteiger partial charge in [-0.3, -0.25) is 9.79 Å². The number of hydrogen-bond acceptors (Lipinski definition) is 8. The minimum Gasteiger partial charge on any atom is -0.394 e. The van der Waals surface area contributed by atoms with Crippen molar-refractivity contribution in [1.29, 1.82) is 0 Å². The van der Waals surface area contributed by atoms with Crippen molar-refractivity contribution >= 4 is 23.6 Å². The molecule has 3 N–H and O–H groups in total. The number of alkyl halides is 5. The quantitative estimate of drug-likeness (QED) is 0.337. The number of carbonyl (C=O) groups is 1. The third-order valence-corrected chi connectivity index (χ3v) is 5.79. The van der Waals surface area contributed by atoms with E-state index in [2.05, 4.69) is 30.2 Å². The first-order valence-electron chi connectivity index (χ1n) is 11.3. The molecule has 9 nitrogen and oxygen atoms in total. The van der Waals surface area contributed by atoms with E-state index in [-0.39, 0.29) is 29.6 Å². The van der Waals surface area contributed by atoms with E-state index >= 15 is 0 Å². The number of hydrogen-bond donors (Lipinski definition) is 2. The molecule has 1 aliphatic rings. The summed E-state index contributed by atoms with van der Waals surface area (Å²) < 4.78 is 67.4. The van der Waals surface area contributed by atoms with E-state index in [0.29, 0.717) is 23.8 Å². The number of halogens is 5. The van der Waals surface area contributed by atoms with Crippen molar-refractivity contribution in [2.45, 2.75) is 45.3 Å². The molecule has 2 aromatic rings. The third-order valence-electron chi connectivity index (χ3n) is 5.79. The molecule has 1 fully saturated rings. The summed E-state index contributed by atoms with van der Waals surface area (Å²) in [5.74, 6) is -4.76. The number of likely N-dealkylation sites (tertiary alicyclic amines) is 1. The Morgan fingerprint density at radius 1 is 1.24 bits per heavy atom. The van der Waals surface area contributed by atoms with Gasteiger partial charge in [0.15, 0.2) is 5.82 Å². The van der Waals surface area contributed by atoms with Gasteiger partial charge in [0.2, 0.25) is 5.95 Å². The zero-order valence-corrected chi connectivity index (χ0v) is 20.6. The predicted octanol–water partition coefficient (Wildman–Crippen LogP) is 3.26. The number of piperidine rings is 1. The summed E-state index contributed by atoms with van der Waals surface area (Å²) in [4.78, 5) is 34.2. The van der Waals surface area contributed by atoms with Gasteiger partial charge in [0.25, 0.3) is 11.8 Å². The number of carbonyl (C=O) groups excluding carboxylic acids is 1. The monoisotopic (exact) mass is 526 g/mol. The molecule has 1 saturated heterocycles. The lowest BCUT2D eigenvalue weighted by atomic mass is 9.88. The fraction of sp³-hybridized carbons (Fsp3) is 0.478. The van der Waals surface area contributed by atoms with Gasteiger partial charge in [0.05, 0.1) is 23.7 Å². The Morgan fingerprint density at radius 2 is 1.84 bits per heavy atom. The number of aliphatic imine (C=N–C) groups is 1. The van der Waals surface area contributed by atoms with Crippen molar-refractivity contribution in [3.05, 3.63) is 46.9 Å². The summed E-state index contributed by atoms with van der Waals surface area (Å²) in [5.41, 5.74) is 6.10. The molecule has 3 rings (SSSR count). The molecule has 0 radical (unpaired) electrons. The second kappa shape index (κ2) is 10.7. The van der Waals surface area contributed by atoms with Gasteiger partial charge in [0, 0.05) is 50.0 Å². The van der Waals surface area contributed by atoms with E-state index in [1.54, 1.807) is 26.8 Å². The Bertz CT molecular complexity index is 1180. The molecule has 1 aliphatic heterocycles. The Hall–Kier alpha value is -3.71. The molecular formula is C23H27F5N8O. The number of anilines is 1. The fourth-order valence-electron chi connectivity index (χ4n) is 4.13. The van der Waals surface area contributed by atoms with E-state index in [1.807, 2.05) is 0 Å². The SMILES string of the molecule is CN=CC(=C(N)C(=O)N1CC(F)(F)CC(C)C1CNc1ncc(C(F)(F)F)cn1)c1nc(C)cc(C)n1. The van der Waals surface area contributed by atoms with Crippen LogP contribution < -0.4 is 11.1 Å². The van der Waals surface area contributed by atoms with Crippen molar-refractivity contribution in [2.24, 2.45) is 16.6 Å². The summed E-state index contributed by atoms with van der Waals surface area (Å²) in [6, 6.07) is 0.927. The van der Waals surface area contributed by atoms with Gasteiger partial charge in [0.1, 0.15) is 5.70 Å². The van der Waals surface area contributed by atoms with Crippen molar-refractivity contribution < 1.29 is 26.7 Å². The minimum atomic E-state index is -4.60. The number of nitrogens with zero attached hydrogens (tertiary/aromatic N) is 6. The first-order valence-corrected chi connectivity index (χ1v) is 11.3. The number of nitrogens with one attached hydrogen (secondary N) is 1. The zero-order chi connectivity index (χ0) is 27.5. The van der Waals surface area contributed by atoms with Crippen LogP contribution in [0.1, 0.15) is 36.1 Å². The maximum Gasteiger partial charge on any atom is 0.419 e. The number of amides is 1. The maximum atomic E-state index is 14.5. The molecule has 0 aliphatic carbocycles. The molecule has 37 heavy (non-hydrogen) atoms. The van der Waals surface area contributed by atoms with Crippen molar-refractivity contribution in [1.82, 2.24) is 24.8 Å². The first-order chi connectivity index (χ1) is 17.2. The molecule has 1 amide bonds. The lowest BCUT2D eigenvalue weighted by Gasteiger charge is -2.43. The predicted molar refractivity (Wildman–Crippen MR) is 127 cm³/mol. The summed E-state index contributed by atoms with van der Waals surface area (Å²) in [6.07, 6.45) is -2.59. The van der Waals surface area contributed by atoms with Gasteiger partial charge in [-0.2, -0.15) is 13.2 Å². The first kappa shape index (κ1) is 27.9. The minimum absolute atomic E-state index is 0.0821. The topological polar surface area (TPSA) is 122 Å². The number of aryl methyl sites for hydroxylation is 2. The highest BCUT2D eigenvalue weighted by Gasteiger charge is 2.46. The molecule has 0 spiro atoms. The second-order valence-electron chi connectivity index (χ2n) is 8.90. The standard InChI is InChI=1S/C23H27F5N8O/c1-12-6-22(24,25)11-36(17(12)10-33-21-31-7-15(8-32-21)23(26,27)28)20(37)18(29)16(9-30-4)19-34-13(2)5-14(3)35-19/h5,7-9,12,17H,6,10-11,29H2,1-4H3,(H,31,32,33). The van der Waals surface area contributed by atoms with Crippen molar-refractivity contribution in [3.8, 4) is 0 Å². The summed E-state index contributed by atoms with van der Waals surface area (Å²) in [6.45, 7) is 4.01. The van der Waals surface area contributed by atoms with Crippen LogP contribution in [0.25, 0.3) is 5.57 Å². The number of aromatic nitrogens is 4. The van der Waals surface area contributed by atoms with Crippen LogP contribution in [0.5, 0.6) is 0 Å². The summed E-state index contributed by atoms with van der Waals surface area (Å²) in [7, 11) is 1.45. The lowest BCUT2D eigenvalue weighted by Crippen LogP contribution is -2.58. The molecule has 14 heteroatoms. The van der Waals surface area contributed by atoms with Gasteiger partial charge in [-0.05, 0) is 25.8 Å². The van der Waals surface area contributed by atoms with Gasteiger partial charge in [-0.15, -0.1) is 0 Å². The average molecular weight is 527 g/mol. The molecule has 2 unspecified atom stereocenters. The zero-order valence-electron chi connectivity index (χ0n) is 20.6. The van der Waals surface area contributed by atoms with Gasteiger partial charge >= 0.3 is 6.18 Å². The van der Waals surface area contributed by atoms with Crippen LogP contribution in [0.4, 0.5) is 27.9 Å². The smallest absolute Gasteiger partial charge is 0.394 e. The molecule has 2 aromatic heterocycles. The maximum absolute atomic E-state index is 14.5. The van der Waals surface area contributed by atoms with Gasteiger partial charge < -0.3 is 16.0 Å². The van der Waals surface area contributed by atoms with Crippen LogP contribution >= 0.6 is 0 Å². The van der Waals surface area contributed by atoms with E-state index in [0.717, 1.165) is 4.90 Å². The number of rotatable bonds is 6. The van der Waals surface area contributed by atoms with Crippen LogP contribution in [0, 0.1) is 19.8 Å². The lowest BCUT2D eigenvalue weighted by molar-refractivity contribution is -0.148. The molecule has 0 saturated carbocycles. The van der Waals surface area contributed by atoms with E-state index in [1.165, 1.54) is 13.3 Å². The molecular weight excluding hydrogens is 499 g/mol. The summed E-state index contributed by atoms with van der Waals surface area (Å²) in [5, 5.41) is 2.74. The third kappa shape index (κ3) is 6.74. The van der Waals surface area contributed by atoms with Crippen LogP contribution in [0.3, 0.4) is 0 Å². The molecule has 200 valence electrons. The van der Waals surface area contributed by atoms with Crippen molar-refractivity contribution in [3.63, 3.8) is 0 Å². The van der Waals surface area contributed by atoms with Crippen LogP contribution in [-0.2, 0) is 11.0 Å². The van der Waals surface area contributed by atoms with Crippen LogP contribution in [-0.4, -0.2) is 69.1 Å². The summed E-state index contributed by atoms with van der Waals surface area (Å²) >= 11 is 0. The molecule has 2 atom stereocenters. The van der Waals surface area contributed by atoms with E-state index in [4.69, 9.17) is 5.73 Å². The Labute approximate surface area is 210 Å². The van der Waals surface area contributed by atoms with Gasteiger partial charge in [-0.25, -0.2) is 28.7 Å². The van der Waals surface area contributed by atoms with Crippen molar-refractivity contribution in [2.75, 3.05) is 25.5 Å². The molecule has 3 heterocycles. The van der Waals surface area contributed by atoms with E-state index < -0.39 is 48.5 Å². The van der Waals surface area contributed by atoms with Crippen LogP contribution in [0.15, 0.2) is 29.1 Å². The molecule has 0 bridgehead atoms. The van der Waals surface area contributed by atoms with Gasteiger partial charge in [-0.1, -0.05) is 6.92 Å². The number of nitrogens with two attached hydrogens (primary N) is 1. The van der Waals surface area contributed by atoms with Crippen LogP contribution in [0.2, 0.25) is 0 Å². The second-order valence-corrected chi connectivity index (χ2v) is 8.90.